The Morgan fingerprint density at radius 3 is 2.12 bits per heavy atom. The van der Waals surface area contributed by atoms with Gasteiger partial charge in [-0.05, 0) is 52.8 Å². The van der Waals surface area contributed by atoms with E-state index in [1.807, 2.05) is 19.1 Å². The van der Waals surface area contributed by atoms with Crippen LogP contribution in [0.2, 0.25) is 0 Å². The quantitative estimate of drug-likeness (QED) is 0.231. The number of alkyl halides is 3. The molecule has 0 aliphatic carbocycles. The van der Waals surface area contributed by atoms with Crippen molar-refractivity contribution in [2.75, 3.05) is 0 Å². The van der Waals surface area contributed by atoms with Gasteiger partial charge in [-0.25, -0.2) is 13.2 Å². The van der Waals surface area contributed by atoms with Crippen LogP contribution in [0.5, 0.6) is 0 Å². The Labute approximate surface area is 185 Å². The zero-order valence-corrected chi connectivity index (χ0v) is 17.2. The predicted octanol–water partition coefficient (Wildman–Crippen LogP) is 7.46. The molecule has 166 valence electrons. The van der Waals surface area contributed by atoms with Crippen molar-refractivity contribution >= 4 is 10.8 Å². The van der Waals surface area contributed by atoms with E-state index in [2.05, 4.69) is 4.98 Å². The Hall–Kier alpha value is -3.79. The Kier molecular flexibility index (Phi) is 5.86. The molecule has 0 bridgehead atoms. The van der Waals surface area contributed by atoms with Crippen molar-refractivity contribution in [3.8, 4) is 34.2 Å². The molecule has 0 radical (unpaired) electrons. The van der Waals surface area contributed by atoms with Crippen LogP contribution in [-0.2, 0) is 6.42 Å². The SMILES string of the molecule is CCc1ccc(-c2ccc(-c3cc(F)c4c(F)c(C#CC(F)(F)F)c(F)cc4c3)cc2)nc1. The Balaban J connectivity index is 1.73. The summed E-state index contributed by atoms with van der Waals surface area (Å²) >= 11 is 0. The van der Waals surface area contributed by atoms with Crippen LogP contribution >= 0.6 is 0 Å². The molecule has 3 aromatic carbocycles. The van der Waals surface area contributed by atoms with E-state index >= 15 is 0 Å². The fraction of sp³-hybridized carbons (Fsp3) is 0.115. The average Bonchev–Trinajstić information content (AvgIpc) is 2.78. The van der Waals surface area contributed by atoms with Crippen LogP contribution < -0.4 is 0 Å². The molecule has 0 saturated carbocycles. The number of rotatable bonds is 3. The van der Waals surface area contributed by atoms with E-state index in [-0.39, 0.29) is 5.39 Å². The molecule has 0 atom stereocenters. The van der Waals surface area contributed by atoms with Gasteiger partial charge >= 0.3 is 6.18 Å². The van der Waals surface area contributed by atoms with Gasteiger partial charge in [0.1, 0.15) is 11.6 Å². The minimum absolute atomic E-state index is 0.126. The van der Waals surface area contributed by atoms with E-state index in [4.69, 9.17) is 0 Å². The number of nitrogens with zero attached hydrogens (tertiary/aromatic N) is 1. The fourth-order valence-electron chi connectivity index (χ4n) is 3.46. The Morgan fingerprint density at radius 2 is 1.52 bits per heavy atom. The van der Waals surface area contributed by atoms with Gasteiger partial charge in [0.15, 0.2) is 5.82 Å². The number of aromatic nitrogens is 1. The van der Waals surface area contributed by atoms with Crippen LogP contribution in [0.1, 0.15) is 18.1 Å². The standard InChI is InChI=1S/C26H15F6N/c1-2-15-3-8-23(33-14-15)17-6-4-16(5-7-17)18-11-19-13-21(27)20(9-10-26(30,31)32)25(29)24(19)22(28)12-18/h3-8,11-14H,2H2,1H3. The van der Waals surface area contributed by atoms with Gasteiger partial charge in [0.25, 0.3) is 0 Å². The maximum Gasteiger partial charge on any atom is 0.458 e. The van der Waals surface area contributed by atoms with Crippen molar-refractivity contribution in [3.63, 3.8) is 0 Å². The topological polar surface area (TPSA) is 12.9 Å². The molecule has 0 unspecified atom stereocenters. The lowest BCUT2D eigenvalue weighted by molar-refractivity contribution is -0.0696. The van der Waals surface area contributed by atoms with E-state index in [1.165, 1.54) is 12.0 Å². The van der Waals surface area contributed by atoms with Gasteiger partial charge in [0.05, 0.1) is 16.6 Å². The van der Waals surface area contributed by atoms with Gasteiger partial charge in [-0.2, -0.15) is 13.2 Å². The molecule has 0 N–H and O–H groups in total. The lowest BCUT2D eigenvalue weighted by Crippen LogP contribution is -2.03. The van der Waals surface area contributed by atoms with E-state index in [1.54, 1.807) is 30.5 Å². The fourth-order valence-corrected chi connectivity index (χ4v) is 3.46. The molecule has 0 saturated heterocycles. The van der Waals surface area contributed by atoms with E-state index in [0.717, 1.165) is 41.3 Å². The van der Waals surface area contributed by atoms with Crippen LogP contribution in [-0.4, -0.2) is 11.2 Å². The first-order valence-corrected chi connectivity index (χ1v) is 9.93. The molecule has 0 aliphatic heterocycles. The highest BCUT2D eigenvalue weighted by Gasteiger charge is 2.24. The molecule has 0 fully saturated rings. The highest BCUT2D eigenvalue weighted by Crippen LogP contribution is 2.32. The van der Waals surface area contributed by atoms with Gasteiger partial charge < -0.3 is 0 Å². The Bertz CT molecular complexity index is 1390. The van der Waals surface area contributed by atoms with Gasteiger partial charge in [0.2, 0.25) is 0 Å². The second-order valence-electron chi connectivity index (χ2n) is 7.33. The summed E-state index contributed by atoms with van der Waals surface area (Å²) in [6.07, 6.45) is -2.27. The molecular formula is C26H15F6N. The molecule has 1 aromatic heterocycles. The zero-order valence-electron chi connectivity index (χ0n) is 17.2. The third-order valence-corrected chi connectivity index (χ3v) is 5.16. The first-order chi connectivity index (χ1) is 15.7. The predicted molar refractivity (Wildman–Crippen MR) is 115 cm³/mol. The van der Waals surface area contributed by atoms with Crippen LogP contribution in [0.4, 0.5) is 26.3 Å². The maximum atomic E-state index is 14.8. The third-order valence-electron chi connectivity index (χ3n) is 5.16. The molecular weight excluding hydrogens is 440 g/mol. The van der Waals surface area contributed by atoms with Gasteiger partial charge in [-0.3, -0.25) is 4.98 Å². The monoisotopic (exact) mass is 455 g/mol. The van der Waals surface area contributed by atoms with Crippen molar-refractivity contribution in [2.45, 2.75) is 19.5 Å². The van der Waals surface area contributed by atoms with Crippen molar-refractivity contribution < 1.29 is 26.3 Å². The highest BCUT2D eigenvalue weighted by atomic mass is 19.4. The first-order valence-electron chi connectivity index (χ1n) is 9.93. The summed E-state index contributed by atoms with van der Waals surface area (Å²) in [7, 11) is 0. The molecule has 33 heavy (non-hydrogen) atoms. The van der Waals surface area contributed by atoms with Crippen molar-refractivity contribution in [1.29, 1.82) is 0 Å². The highest BCUT2D eigenvalue weighted by molar-refractivity contribution is 5.90. The molecule has 4 aromatic rings. The number of fused-ring (bicyclic) bond motifs is 1. The van der Waals surface area contributed by atoms with E-state index in [9.17, 15) is 26.3 Å². The number of benzene rings is 3. The average molecular weight is 455 g/mol. The van der Waals surface area contributed by atoms with E-state index in [0.29, 0.717) is 11.1 Å². The second kappa shape index (κ2) is 8.62. The number of halogens is 6. The van der Waals surface area contributed by atoms with Crippen LogP contribution in [0.25, 0.3) is 33.2 Å². The molecule has 4 rings (SSSR count). The summed E-state index contributed by atoms with van der Waals surface area (Å²) in [5.41, 5.74) is 2.53. The second-order valence-corrected chi connectivity index (χ2v) is 7.33. The zero-order chi connectivity index (χ0) is 23.8. The minimum atomic E-state index is -4.93. The number of hydrogen-bond donors (Lipinski definition) is 0. The molecule has 7 heteroatoms. The van der Waals surface area contributed by atoms with Crippen LogP contribution in [0, 0.1) is 29.3 Å². The largest absolute Gasteiger partial charge is 0.458 e. The lowest BCUT2D eigenvalue weighted by atomic mass is 9.97. The van der Waals surface area contributed by atoms with Crippen LogP contribution in [0.15, 0.2) is 60.8 Å². The van der Waals surface area contributed by atoms with Crippen molar-refractivity contribution in [2.24, 2.45) is 0 Å². The smallest absolute Gasteiger partial charge is 0.256 e. The summed E-state index contributed by atoms with van der Waals surface area (Å²) in [6, 6.07) is 14.1. The minimum Gasteiger partial charge on any atom is -0.256 e. The summed E-state index contributed by atoms with van der Waals surface area (Å²) in [5, 5.41) is -0.748. The Morgan fingerprint density at radius 1 is 0.818 bits per heavy atom. The van der Waals surface area contributed by atoms with Crippen molar-refractivity contribution in [1.82, 2.24) is 4.98 Å². The lowest BCUT2D eigenvalue weighted by Gasteiger charge is -2.10. The molecule has 0 amide bonds. The normalized spacial score (nSPS) is 11.4. The number of pyridine rings is 1. The molecule has 1 heterocycles. The number of aryl methyl sites for hydroxylation is 1. The third kappa shape index (κ3) is 4.70. The van der Waals surface area contributed by atoms with E-state index < -0.39 is 34.6 Å². The molecule has 1 nitrogen and oxygen atoms in total. The molecule has 0 aliphatic rings. The number of hydrogen-bond acceptors (Lipinski definition) is 1. The molecule has 0 spiro atoms. The van der Waals surface area contributed by atoms with Gasteiger partial charge in [0, 0.05) is 17.7 Å². The maximum absolute atomic E-state index is 14.8. The van der Waals surface area contributed by atoms with Crippen LogP contribution in [0.3, 0.4) is 0 Å². The summed E-state index contributed by atoms with van der Waals surface area (Å²) in [4.78, 5) is 4.41. The summed E-state index contributed by atoms with van der Waals surface area (Å²) < 4.78 is 80.6. The van der Waals surface area contributed by atoms with Gasteiger partial charge in [-0.1, -0.05) is 43.2 Å². The first kappa shape index (κ1) is 22.4. The summed E-state index contributed by atoms with van der Waals surface area (Å²) in [5.74, 6) is -1.58. The summed E-state index contributed by atoms with van der Waals surface area (Å²) in [6.45, 7) is 2.03. The van der Waals surface area contributed by atoms with Gasteiger partial charge in [-0.15, -0.1) is 0 Å². The van der Waals surface area contributed by atoms with Crippen molar-refractivity contribution in [3.05, 3.63) is 89.4 Å².